The van der Waals surface area contributed by atoms with E-state index in [-0.39, 0.29) is 5.75 Å². The van der Waals surface area contributed by atoms with Gasteiger partial charge < -0.3 is 0 Å². The van der Waals surface area contributed by atoms with Crippen LogP contribution in [-0.4, -0.2) is 14.2 Å². The van der Waals surface area contributed by atoms with E-state index in [1.807, 2.05) is 30.3 Å². The van der Waals surface area contributed by atoms with E-state index in [1.165, 1.54) is 0 Å². The second kappa shape index (κ2) is 6.21. The van der Waals surface area contributed by atoms with Gasteiger partial charge in [0.15, 0.2) is 9.84 Å². The summed E-state index contributed by atoms with van der Waals surface area (Å²) >= 11 is 0. The molecule has 19 heavy (non-hydrogen) atoms. The fraction of sp³-hybridized carbons (Fsp3) is 0.125. The third-order valence-corrected chi connectivity index (χ3v) is 4.34. The fourth-order valence-corrected chi connectivity index (χ4v) is 2.80. The van der Waals surface area contributed by atoms with Crippen molar-refractivity contribution in [2.75, 3.05) is 5.75 Å². The third-order valence-electron chi connectivity index (χ3n) is 2.60. The number of hydrogen-bond donors (Lipinski definition) is 0. The smallest absolute Gasteiger partial charge is 0.179 e. The average molecular weight is 270 g/mol. The van der Waals surface area contributed by atoms with Gasteiger partial charge in [-0.25, -0.2) is 8.42 Å². The van der Waals surface area contributed by atoms with Gasteiger partial charge in [-0.15, -0.1) is 0 Å². The van der Waals surface area contributed by atoms with Crippen LogP contribution in [0.15, 0.2) is 65.6 Å². The molecule has 0 saturated carbocycles. The number of rotatable bonds is 3. The van der Waals surface area contributed by atoms with Gasteiger partial charge in [0.25, 0.3) is 0 Å². The molecule has 0 spiro atoms. The summed E-state index contributed by atoms with van der Waals surface area (Å²) in [5.41, 5.74) is 0.902. The van der Waals surface area contributed by atoms with E-state index >= 15 is 0 Å². The highest BCUT2D eigenvalue weighted by Crippen LogP contribution is 2.10. The van der Waals surface area contributed by atoms with Gasteiger partial charge in [-0.2, -0.15) is 0 Å². The van der Waals surface area contributed by atoms with E-state index in [4.69, 9.17) is 0 Å². The van der Waals surface area contributed by atoms with Crippen LogP contribution in [0.2, 0.25) is 0 Å². The minimum Gasteiger partial charge on any atom is -0.224 e. The second-order valence-corrected chi connectivity index (χ2v) is 6.16. The lowest BCUT2D eigenvalue weighted by molar-refractivity contribution is 0.596. The molecule has 0 aliphatic rings. The Kier molecular flexibility index (Phi) is 4.38. The monoisotopic (exact) mass is 270 g/mol. The molecule has 0 aliphatic carbocycles. The molecular formula is C16H14O2S. The van der Waals surface area contributed by atoms with Gasteiger partial charge in [0.1, 0.15) is 0 Å². The van der Waals surface area contributed by atoms with E-state index in [0.717, 1.165) is 5.56 Å². The summed E-state index contributed by atoms with van der Waals surface area (Å²) in [6, 6.07) is 18.0. The molecule has 2 nitrogen and oxygen atoms in total. The maximum absolute atomic E-state index is 12.0. The summed E-state index contributed by atoms with van der Waals surface area (Å²) in [6.07, 6.45) is 0.339. The Labute approximate surface area is 114 Å². The van der Waals surface area contributed by atoms with Crippen molar-refractivity contribution >= 4 is 9.84 Å². The summed E-state index contributed by atoms with van der Waals surface area (Å²) < 4.78 is 24.0. The van der Waals surface area contributed by atoms with E-state index in [2.05, 4.69) is 11.8 Å². The van der Waals surface area contributed by atoms with Crippen molar-refractivity contribution in [3.8, 4) is 11.8 Å². The Bertz CT molecular complexity index is 678. The molecule has 0 atom stereocenters. The molecule has 2 aromatic rings. The lowest BCUT2D eigenvalue weighted by atomic mass is 10.2. The molecule has 96 valence electrons. The van der Waals surface area contributed by atoms with Crippen LogP contribution in [0.25, 0.3) is 0 Å². The molecule has 2 rings (SSSR count). The van der Waals surface area contributed by atoms with Crippen LogP contribution < -0.4 is 0 Å². The molecule has 0 amide bonds. The highest BCUT2D eigenvalue weighted by molar-refractivity contribution is 7.91. The van der Waals surface area contributed by atoms with Crippen LogP contribution in [0.1, 0.15) is 12.0 Å². The van der Waals surface area contributed by atoms with Crippen molar-refractivity contribution in [1.82, 2.24) is 0 Å². The molecule has 0 fully saturated rings. The fourth-order valence-electron chi connectivity index (χ4n) is 1.62. The molecule has 0 N–H and O–H groups in total. The Morgan fingerprint density at radius 3 is 2.05 bits per heavy atom. The van der Waals surface area contributed by atoms with Crippen LogP contribution in [-0.2, 0) is 9.84 Å². The normalized spacial score (nSPS) is 10.5. The molecule has 0 bridgehead atoms. The van der Waals surface area contributed by atoms with Gasteiger partial charge >= 0.3 is 0 Å². The van der Waals surface area contributed by atoms with Gasteiger partial charge in [-0.3, -0.25) is 0 Å². The van der Waals surface area contributed by atoms with Gasteiger partial charge in [-0.05, 0) is 24.3 Å². The summed E-state index contributed by atoms with van der Waals surface area (Å²) in [7, 11) is -3.22. The lowest BCUT2D eigenvalue weighted by Gasteiger charge is -2.00. The van der Waals surface area contributed by atoms with E-state index < -0.39 is 9.84 Å². The predicted octanol–water partition coefficient (Wildman–Crippen LogP) is 2.90. The Hall–Kier alpha value is -2.05. The van der Waals surface area contributed by atoms with Crippen LogP contribution in [0.5, 0.6) is 0 Å². The highest BCUT2D eigenvalue weighted by atomic mass is 32.2. The van der Waals surface area contributed by atoms with Gasteiger partial charge in [0.2, 0.25) is 0 Å². The number of benzene rings is 2. The summed E-state index contributed by atoms with van der Waals surface area (Å²) in [4.78, 5) is 0.358. The molecule has 2 aromatic carbocycles. The van der Waals surface area contributed by atoms with Crippen LogP contribution in [0.4, 0.5) is 0 Å². The topological polar surface area (TPSA) is 34.1 Å². The Morgan fingerprint density at radius 2 is 1.42 bits per heavy atom. The first-order chi connectivity index (χ1) is 9.18. The highest BCUT2D eigenvalue weighted by Gasteiger charge is 2.11. The zero-order valence-corrected chi connectivity index (χ0v) is 11.2. The molecule has 0 saturated heterocycles. The van der Waals surface area contributed by atoms with Crippen molar-refractivity contribution < 1.29 is 8.42 Å². The Morgan fingerprint density at radius 1 is 0.842 bits per heavy atom. The minimum atomic E-state index is -3.22. The standard InChI is InChI=1S/C16H14O2S/c17-19(18,16-12-5-2-6-13-16)14-8-7-11-15-9-3-1-4-10-15/h1-6,9-10,12-13H,8,14H2. The van der Waals surface area contributed by atoms with E-state index in [9.17, 15) is 8.42 Å². The van der Waals surface area contributed by atoms with E-state index in [1.54, 1.807) is 30.3 Å². The lowest BCUT2D eigenvalue weighted by Crippen LogP contribution is -2.05. The number of hydrogen-bond acceptors (Lipinski definition) is 2. The van der Waals surface area contributed by atoms with E-state index in [0.29, 0.717) is 11.3 Å². The zero-order chi connectivity index (χ0) is 13.6. The third kappa shape index (κ3) is 3.97. The largest absolute Gasteiger partial charge is 0.224 e. The molecule has 0 aliphatic heterocycles. The Balaban J connectivity index is 1.99. The van der Waals surface area contributed by atoms with Crippen LogP contribution in [0, 0.1) is 11.8 Å². The quantitative estimate of drug-likeness (QED) is 0.804. The van der Waals surface area contributed by atoms with Gasteiger partial charge in [0.05, 0.1) is 10.6 Å². The average Bonchev–Trinajstić information content (AvgIpc) is 2.46. The molecule has 0 aromatic heterocycles. The van der Waals surface area contributed by atoms with Crippen molar-refractivity contribution in [3.05, 3.63) is 66.2 Å². The SMILES string of the molecule is O=S(=O)(CCC#Cc1ccccc1)c1ccccc1. The van der Waals surface area contributed by atoms with Gasteiger partial charge in [-0.1, -0.05) is 48.2 Å². The first kappa shape index (κ1) is 13.4. The second-order valence-electron chi connectivity index (χ2n) is 4.05. The first-order valence-corrected chi connectivity index (χ1v) is 7.65. The van der Waals surface area contributed by atoms with Crippen molar-refractivity contribution in [2.45, 2.75) is 11.3 Å². The van der Waals surface area contributed by atoms with Crippen LogP contribution in [0.3, 0.4) is 0 Å². The zero-order valence-electron chi connectivity index (χ0n) is 10.4. The summed E-state index contributed by atoms with van der Waals surface area (Å²) in [5, 5.41) is 0. The first-order valence-electron chi connectivity index (χ1n) is 6.00. The van der Waals surface area contributed by atoms with Crippen molar-refractivity contribution in [2.24, 2.45) is 0 Å². The summed E-state index contributed by atoms with van der Waals surface area (Å²) in [6.45, 7) is 0. The molecule has 0 heterocycles. The molecule has 0 radical (unpaired) electrons. The number of sulfone groups is 1. The molecular weight excluding hydrogens is 256 g/mol. The van der Waals surface area contributed by atoms with Crippen molar-refractivity contribution in [1.29, 1.82) is 0 Å². The van der Waals surface area contributed by atoms with Crippen LogP contribution >= 0.6 is 0 Å². The minimum absolute atomic E-state index is 0.0524. The maximum atomic E-state index is 12.0. The molecule has 3 heteroatoms. The summed E-state index contributed by atoms with van der Waals surface area (Å²) in [5.74, 6) is 5.91. The van der Waals surface area contributed by atoms with Crippen molar-refractivity contribution in [3.63, 3.8) is 0 Å². The van der Waals surface area contributed by atoms with Gasteiger partial charge in [0, 0.05) is 12.0 Å². The predicted molar refractivity (Wildman–Crippen MR) is 76.4 cm³/mol. The molecule has 0 unspecified atom stereocenters. The maximum Gasteiger partial charge on any atom is 0.179 e.